The van der Waals surface area contributed by atoms with Crippen molar-refractivity contribution < 1.29 is 19.4 Å². The highest BCUT2D eigenvalue weighted by atomic mass is 16.6. The van der Waals surface area contributed by atoms with E-state index >= 15 is 0 Å². The minimum absolute atomic E-state index is 0.386. The predicted octanol–water partition coefficient (Wildman–Crippen LogP) is 1.16. The van der Waals surface area contributed by atoms with Crippen LogP contribution in [0.5, 0.6) is 0 Å². The zero-order valence-corrected chi connectivity index (χ0v) is 13.6. The van der Waals surface area contributed by atoms with Crippen LogP contribution < -0.4 is 5.73 Å². The molecule has 2 heterocycles. The van der Waals surface area contributed by atoms with Crippen molar-refractivity contribution in [3.05, 3.63) is 30.1 Å². The maximum absolute atomic E-state index is 12.3. The Labute approximate surface area is 135 Å². The van der Waals surface area contributed by atoms with Crippen molar-refractivity contribution in [3.63, 3.8) is 0 Å². The first-order valence-corrected chi connectivity index (χ1v) is 7.57. The molecule has 1 aliphatic rings. The van der Waals surface area contributed by atoms with Crippen LogP contribution in [-0.2, 0) is 14.3 Å². The third-order valence-electron chi connectivity index (χ3n) is 3.77. The van der Waals surface area contributed by atoms with Crippen molar-refractivity contribution in [2.24, 2.45) is 11.7 Å². The van der Waals surface area contributed by atoms with Crippen LogP contribution in [0.4, 0.5) is 0 Å². The van der Waals surface area contributed by atoms with Crippen molar-refractivity contribution in [2.75, 3.05) is 6.54 Å². The third-order valence-corrected chi connectivity index (χ3v) is 3.77. The van der Waals surface area contributed by atoms with E-state index in [1.165, 1.54) is 6.20 Å². The zero-order valence-electron chi connectivity index (χ0n) is 13.6. The first-order valence-electron chi connectivity index (χ1n) is 7.57. The Bertz CT molecular complexity index is 570. The van der Waals surface area contributed by atoms with Gasteiger partial charge in [-0.3, -0.25) is 19.5 Å². The largest absolute Gasteiger partial charge is 0.480 e. The van der Waals surface area contributed by atoms with E-state index in [1.54, 1.807) is 44.0 Å². The summed E-state index contributed by atoms with van der Waals surface area (Å²) in [6.45, 7) is 5.79. The summed E-state index contributed by atoms with van der Waals surface area (Å²) in [6.07, 6.45) is 2.86. The fourth-order valence-electron chi connectivity index (χ4n) is 2.79. The molecule has 1 aromatic rings. The highest BCUT2D eigenvalue weighted by Crippen LogP contribution is 2.32. The van der Waals surface area contributed by atoms with Gasteiger partial charge in [0.2, 0.25) is 0 Å². The summed E-state index contributed by atoms with van der Waals surface area (Å²) in [5.41, 5.74) is 6.10. The number of rotatable bonds is 4. The van der Waals surface area contributed by atoms with Crippen LogP contribution in [0.1, 0.15) is 38.8 Å². The van der Waals surface area contributed by atoms with Crippen molar-refractivity contribution in [1.29, 1.82) is 0 Å². The molecule has 7 nitrogen and oxygen atoms in total. The van der Waals surface area contributed by atoms with E-state index in [0.29, 0.717) is 18.5 Å². The molecule has 1 aromatic heterocycles. The van der Waals surface area contributed by atoms with Crippen molar-refractivity contribution in [2.45, 2.75) is 45.0 Å². The van der Waals surface area contributed by atoms with Crippen LogP contribution >= 0.6 is 0 Å². The summed E-state index contributed by atoms with van der Waals surface area (Å²) in [5.74, 6) is -1.94. The summed E-state index contributed by atoms with van der Waals surface area (Å²) in [4.78, 5) is 29.5. The Balaban J connectivity index is 2.18. The molecule has 1 aliphatic heterocycles. The van der Waals surface area contributed by atoms with Gasteiger partial charge in [-0.05, 0) is 38.8 Å². The number of carbonyl (C=O) groups excluding carboxylic acids is 1. The predicted molar refractivity (Wildman–Crippen MR) is 83.2 cm³/mol. The van der Waals surface area contributed by atoms with Crippen LogP contribution in [0.2, 0.25) is 0 Å². The molecule has 1 fully saturated rings. The molecule has 23 heavy (non-hydrogen) atoms. The van der Waals surface area contributed by atoms with E-state index in [0.717, 1.165) is 0 Å². The summed E-state index contributed by atoms with van der Waals surface area (Å²) in [7, 11) is 0. The van der Waals surface area contributed by atoms with Gasteiger partial charge in [0.05, 0.1) is 12.1 Å². The highest BCUT2D eigenvalue weighted by molar-refractivity contribution is 5.77. The normalized spacial score (nSPS) is 23.5. The van der Waals surface area contributed by atoms with Crippen LogP contribution in [0.3, 0.4) is 0 Å². The lowest BCUT2D eigenvalue weighted by Gasteiger charge is -2.30. The molecular weight excluding hydrogens is 298 g/mol. The van der Waals surface area contributed by atoms with E-state index in [9.17, 15) is 14.7 Å². The molecule has 0 bridgehead atoms. The Morgan fingerprint density at radius 1 is 1.48 bits per heavy atom. The Kier molecular flexibility index (Phi) is 5.01. The van der Waals surface area contributed by atoms with E-state index in [2.05, 4.69) is 4.98 Å². The summed E-state index contributed by atoms with van der Waals surface area (Å²) >= 11 is 0. The molecule has 1 saturated heterocycles. The van der Waals surface area contributed by atoms with Gasteiger partial charge >= 0.3 is 11.9 Å². The lowest BCUT2D eigenvalue weighted by Crippen LogP contribution is -2.47. The number of carboxylic acids is 1. The topological polar surface area (TPSA) is 106 Å². The average molecular weight is 321 g/mol. The van der Waals surface area contributed by atoms with Gasteiger partial charge in [-0.1, -0.05) is 6.07 Å². The van der Waals surface area contributed by atoms with Gasteiger partial charge in [0.15, 0.2) is 0 Å². The van der Waals surface area contributed by atoms with Gasteiger partial charge in [-0.2, -0.15) is 0 Å². The lowest BCUT2D eigenvalue weighted by atomic mass is 10.0. The van der Waals surface area contributed by atoms with Crippen LogP contribution in [0.15, 0.2) is 24.5 Å². The molecule has 0 spiro atoms. The zero-order chi connectivity index (χ0) is 17.2. The second-order valence-corrected chi connectivity index (χ2v) is 6.68. The second kappa shape index (κ2) is 6.64. The second-order valence-electron chi connectivity index (χ2n) is 6.68. The van der Waals surface area contributed by atoms with Gasteiger partial charge in [0.1, 0.15) is 11.6 Å². The molecule has 0 saturated carbocycles. The van der Waals surface area contributed by atoms with E-state index < -0.39 is 29.7 Å². The lowest BCUT2D eigenvalue weighted by molar-refractivity contribution is -0.161. The van der Waals surface area contributed by atoms with Crippen molar-refractivity contribution >= 4 is 11.9 Å². The van der Waals surface area contributed by atoms with Gasteiger partial charge in [-0.15, -0.1) is 0 Å². The molecule has 0 aliphatic carbocycles. The van der Waals surface area contributed by atoms with Gasteiger partial charge < -0.3 is 15.6 Å². The number of ether oxygens (including phenoxy) is 1. The van der Waals surface area contributed by atoms with E-state index in [-0.39, 0.29) is 5.97 Å². The molecule has 126 valence electrons. The highest BCUT2D eigenvalue weighted by Gasteiger charge is 2.44. The molecule has 0 unspecified atom stereocenters. The number of carbonyl (C=O) groups is 2. The number of esters is 1. The number of aliphatic carboxylic acids is 1. The fraction of sp³-hybridized carbons (Fsp3) is 0.562. The first-order chi connectivity index (χ1) is 10.7. The van der Waals surface area contributed by atoms with Gasteiger partial charge in [0, 0.05) is 18.9 Å². The number of pyridine rings is 1. The maximum atomic E-state index is 12.3. The summed E-state index contributed by atoms with van der Waals surface area (Å²) in [6, 6.07) is 2.45. The molecular formula is C16H23N3O4. The molecule has 3 N–H and O–H groups in total. The molecule has 0 amide bonds. The average Bonchev–Trinajstić information content (AvgIpc) is 2.80. The quantitative estimate of drug-likeness (QED) is 0.801. The number of hydrogen-bond acceptors (Lipinski definition) is 6. The molecule has 0 radical (unpaired) electrons. The van der Waals surface area contributed by atoms with Crippen LogP contribution in [0.25, 0.3) is 0 Å². The minimum Gasteiger partial charge on any atom is -0.480 e. The SMILES string of the molecule is CC(C)(C)OC(=O)[C@@H]1CCN([C@@H](C(=O)O)c2cccnc2)[C@@H]1N. The molecule has 0 aromatic carbocycles. The van der Waals surface area contributed by atoms with E-state index in [4.69, 9.17) is 10.5 Å². The number of nitrogens with zero attached hydrogens (tertiary/aromatic N) is 2. The number of hydrogen-bond donors (Lipinski definition) is 2. The van der Waals surface area contributed by atoms with Crippen LogP contribution in [-0.4, -0.2) is 45.2 Å². The third kappa shape index (κ3) is 4.05. The number of aromatic nitrogens is 1. The van der Waals surface area contributed by atoms with Crippen LogP contribution in [0, 0.1) is 5.92 Å². The molecule has 7 heteroatoms. The van der Waals surface area contributed by atoms with Crippen molar-refractivity contribution in [3.8, 4) is 0 Å². The fourth-order valence-corrected chi connectivity index (χ4v) is 2.79. The summed E-state index contributed by atoms with van der Waals surface area (Å²) < 4.78 is 5.38. The number of nitrogens with two attached hydrogens (primary N) is 1. The monoisotopic (exact) mass is 321 g/mol. The maximum Gasteiger partial charge on any atom is 0.325 e. The Morgan fingerprint density at radius 2 is 2.17 bits per heavy atom. The Hall–Kier alpha value is -1.99. The summed E-state index contributed by atoms with van der Waals surface area (Å²) in [5, 5.41) is 9.58. The first kappa shape index (κ1) is 17.4. The smallest absolute Gasteiger partial charge is 0.325 e. The minimum atomic E-state index is -1.02. The van der Waals surface area contributed by atoms with Gasteiger partial charge in [-0.25, -0.2) is 0 Å². The van der Waals surface area contributed by atoms with E-state index in [1.807, 2.05) is 0 Å². The van der Waals surface area contributed by atoms with Gasteiger partial charge in [0.25, 0.3) is 0 Å². The standard InChI is InChI=1S/C16H23N3O4/c1-16(2,3)23-15(22)11-6-8-19(13(11)17)12(14(20)21)10-5-4-7-18-9-10/h4-5,7,9,11-13H,6,8,17H2,1-3H3,(H,20,21)/t11-,12-,13+/m1/s1. The number of carboxylic acid groups (broad SMARTS) is 1. The molecule has 3 atom stereocenters. The number of likely N-dealkylation sites (tertiary alicyclic amines) is 1. The molecule has 2 rings (SSSR count). The van der Waals surface area contributed by atoms with Crippen molar-refractivity contribution in [1.82, 2.24) is 9.88 Å². The Morgan fingerprint density at radius 3 is 2.70 bits per heavy atom.